The number of nitrogens with one attached hydrogen (secondary N) is 2. The molecule has 2 aliphatic rings. The number of likely N-dealkylation sites (tertiary alicyclic amines) is 2. The Kier molecular flexibility index (Phi) is 8.12. The Morgan fingerprint density at radius 3 is 2.37 bits per heavy atom. The van der Waals surface area contributed by atoms with Gasteiger partial charge in [0.25, 0.3) is 5.91 Å². The van der Waals surface area contributed by atoms with Gasteiger partial charge >= 0.3 is 0 Å². The molecule has 0 aliphatic carbocycles. The third kappa shape index (κ3) is 6.10. The zero-order chi connectivity index (χ0) is 29.7. The number of carbonyl (C=O) groups is 3. The van der Waals surface area contributed by atoms with E-state index in [0.29, 0.717) is 17.8 Å². The van der Waals surface area contributed by atoms with Crippen LogP contribution in [-0.2, 0) is 19.6 Å². The van der Waals surface area contributed by atoms with Crippen LogP contribution >= 0.6 is 34.5 Å². The number of fused-ring (bicyclic) bond motifs is 3. The third-order valence-electron chi connectivity index (χ3n) is 7.48. The molecule has 1 unspecified atom stereocenters. The highest BCUT2D eigenvalue weighted by Crippen LogP contribution is 2.34. The van der Waals surface area contributed by atoms with Crippen LogP contribution in [0.3, 0.4) is 0 Å². The largest absolute Gasteiger partial charge is 0.339 e. The van der Waals surface area contributed by atoms with Crippen molar-refractivity contribution in [3.8, 4) is 0 Å². The molecule has 41 heavy (non-hydrogen) atoms. The van der Waals surface area contributed by atoms with E-state index < -0.39 is 33.9 Å². The molecule has 3 atom stereocenters. The molecule has 3 heterocycles. The van der Waals surface area contributed by atoms with Gasteiger partial charge in [-0.05, 0) is 47.6 Å². The Balaban J connectivity index is 1.22. The standard InChI is InChI=1S/C28H30Cl2N4O5S2/c1-28(2,3)25(32-26(36)22-10-16-6-4-5-7-21(16)40-22)27(37)34-15-18-12-19(34)14-33(18)24(35)13-31-41(38,39)23-11-17(29)8-9-20(23)30/h4-11,18-19,25,31H,12-15H2,1-3H3,(H,32,36)/t18-,19-,25?/m0/s1. The first-order valence-electron chi connectivity index (χ1n) is 13.1. The summed E-state index contributed by atoms with van der Waals surface area (Å²) in [7, 11) is -4.06. The summed E-state index contributed by atoms with van der Waals surface area (Å²) < 4.78 is 28.8. The maximum Gasteiger partial charge on any atom is 0.262 e. The van der Waals surface area contributed by atoms with Crippen LogP contribution in [0.2, 0.25) is 10.0 Å². The maximum absolute atomic E-state index is 13.8. The Bertz CT molecular complexity index is 1600. The Labute approximate surface area is 252 Å². The summed E-state index contributed by atoms with van der Waals surface area (Å²) in [4.78, 5) is 43.6. The molecule has 5 rings (SSSR count). The molecular weight excluding hydrogens is 607 g/mol. The van der Waals surface area contributed by atoms with Crippen LogP contribution in [0, 0.1) is 5.41 Å². The van der Waals surface area contributed by atoms with E-state index >= 15 is 0 Å². The van der Waals surface area contributed by atoms with Gasteiger partial charge in [0.05, 0.1) is 28.5 Å². The highest BCUT2D eigenvalue weighted by atomic mass is 35.5. The molecule has 0 saturated carbocycles. The second-order valence-electron chi connectivity index (χ2n) is 11.4. The van der Waals surface area contributed by atoms with Gasteiger partial charge < -0.3 is 15.1 Å². The van der Waals surface area contributed by atoms with E-state index in [1.165, 1.54) is 29.5 Å². The molecule has 3 amide bonds. The first kappa shape index (κ1) is 29.8. The number of rotatable bonds is 7. The van der Waals surface area contributed by atoms with Gasteiger partial charge in [0.1, 0.15) is 10.9 Å². The number of sulfonamides is 1. The number of benzene rings is 2. The number of hydrogen-bond donors (Lipinski definition) is 2. The summed E-state index contributed by atoms with van der Waals surface area (Å²) in [5.41, 5.74) is -0.555. The van der Waals surface area contributed by atoms with E-state index in [1.807, 2.05) is 51.1 Å². The second-order valence-corrected chi connectivity index (χ2v) is 15.1. The number of thiophene rings is 1. The van der Waals surface area contributed by atoms with Crippen molar-refractivity contribution in [1.29, 1.82) is 0 Å². The fourth-order valence-corrected chi connectivity index (χ4v) is 8.07. The van der Waals surface area contributed by atoms with Crippen LogP contribution in [0.25, 0.3) is 10.1 Å². The fourth-order valence-electron chi connectivity index (χ4n) is 5.37. The van der Waals surface area contributed by atoms with Crippen molar-refractivity contribution < 1.29 is 22.8 Å². The lowest BCUT2D eigenvalue weighted by Crippen LogP contribution is -2.59. The molecule has 13 heteroatoms. The van der Waals surface area contributed by atoms with E-state index in [2.05, 4.69) is 10.0 Å². The highest BCUT2D eigenvalue weighted by molar-refractivity contribution is 7.89. The van der Waals surface area contributed by atoms with Crippen molar-refractivity contribution in [3.05, 3.63) is 63.5 Å². The summed E-state index contributed by atoms with van der Waals surface area (Å²) in [6, 6.07) is 12.4. The van der Waals surface area contributed by atoms with Crippen LogP contribution in [-0.4, -0.2) is 73.7 Å². The zero-order valence-corrected chi connectivity index (χ0v) is 25.8. The predicted octanol–water partition coefficient (Wildman–Crippen LogP) is 4.14. The van der Waals surface area contributed by atoms with Crippen LogP contribution < -0.4 is 10.0 Å². The quantitative estimate of drug-likeness (QED) is 0.404. The van der Waals surface area contributed by atoms with Gasteiger partial charge in [0.2, 0.25) is 21.8 Å². The van der Waals surface area contributed by atoms with Crippen molar-refractivity contribution >= 4 is 72.4 Å². The zero-order valence-electron chi connectivity index (χ0n) is 22.7. The van der Waals surface area contributed by atoms with Gasteiger partial charge in [-0.15, -0.1) is 11.3 Å². The van der Waals surface area contributed by atoms with E-state index in [-0.39, 0.29) is 45.4 Å². The molecule has 2 bridgehead atoms. The summed E-state index contributed by atoms with van der Waals surface area (Å²) >= 11 is 13.3. The number of carbonyl (C=O) groups excluding carboxylic acids is 3. The van der Waals surface area contributed by atoms with Gasteiger partial charge in [-0.1, -0.05) is 62.2 Å². The SMILES string of the molecule is CC(C)(C)C(NC(=O)c1cc2ccccc2s1)C(=O)N1C[C@@H]2C[C@H]1CN2C(=O)CNS(=O)(=O)c1cc(Cl)ccc1Cl. The van der Waals surface area contributed by atoms with Gasteiger partial charge in [0.15, 0.2) is 0 Å². The van der Waals surface area contributed by atoms with Crippen molar-refractivity contribution in [3.63, 3.8) is 0 Å². The first-order chi connectivity index (χ1) is 19.2. The van der Waals surface area contributed by atoms with Crippen LogP contribution in [0.5, 0.6) is 0 Å². The first-order valence-corrected chi connectivity index (χ1v) is 16.1. The molecule has 2 fully saturated rings. The van der Waals surface area contributed by atoms with Gasteiger partial charge in [0, 0.05) is 22.8 Å². The average Bonchev–Trinajstić information content (AvgIpc) is 3.65. The molecule has 2 aromatic carbocycles. The van der Waals surface area contributed by atoms with Crippen molar-refractivity contribution in [2.45, 2.75) is 50.2 Å². The Morgan fingerprint density at radius 1 is 1.02 bits per heavy atom. The van der Waals surface area contributed by atoms with E-state index in [0.717, 1.165) is 10.1 Å². The fraction of sp³-hybridized carbons (Fsp3) is 0.393. The summed E-state index contributed by atoms with van der Waals surface area (Å²) in [5, 5.41) is 4.14. The third-order valence-corrected chi connectivity index (χ3v) is 10.7. The summed E-state index contributed by atoms with van der Waals surface area (Å²) in [5.74, 6) is -0.882. The maximum atomic E-state index is 13.8. The van der Waals surface area contributed by atoms with E-state index in [1.54, 1.807) is 9.80 Å². The molecule has 0 spiro atoms. The Hall–Kier alpha value is -2.70. The summed E-state index contributed by atoms with van der Waals surface area (Å²) in [6.45, 7) is 5.87. The lowest BCUT2D eigenvalue weighted by molar-refractivity contribution is -0.142. The minimum Gasteiger partial charge on any atom is -0.339 e. The molecule has 2 N–H and O–H groups in total. The van der Waals surface area contributed by atoms with Crippen LogP contribution in [0.1, 0.15) is 36.9 Å². The smallest absolute Gasteiger partial charge is 0.262 e. The predicted molar refractivity (Wildman–Crippen MR) is 160 cm³/mol. The number of amides is 3. The molecule has 2 aliphatic heterocycles. The lowest BCUT2D eigenvalue weighted by Gasteiger charge is -2.39. The van der Waals surface area contributed by atoms with Crippen LogP contribution in [0.15, 0.2) is 53.4 Å². The molecule has 3 aromatic rings. The van der Waals surface area contributed by atoms with Gasteiger partial charge in [-0.2, -0.15) is 0 Å². The minimum absolute atomic E-state index is 0.00317. The number of hydrogen-bond acceptors (Lipinski definition) is 6. The molecule has 9 nitrogen and oxygen atoms in total. The minimum atomic E-state index is -4.06. The number of piperazine rings is 1. The van der Waals surface area contributed by atoms with Gasteiger partial charge in [-0.3, -0.25) is 14.4 Å². The topological polar surface area (TPSA) is 116 Å². The normalized spacial score (nSPS) is 19.5. The Morgan fingerprint density at radius 2 is 1.71 bits per heavy atom. The average molecular weight is 638 g/mol. The molecule has 2 saturated heterocycles. The van der Waals surface area contributed by atoms with Crippen LogP contribution in [0.4, 0.5) is 0 Å². The van der Waals surface area contributed by atoms with Gasteiger partial charge in [-0.25, -0.2) is 13.1 Å². The highest BCUT2D eigenvalue weighted by Gasteiger charge is 2.49. The molecule has 0 radical (unpaired) electrons. The monoisotopic (exact) mass is 636 g/mol. The van der Waals surface area contributed by atoms with E-state index in [9.17, 15) is 22.8 Å². The van der Waals surface area contributed by atoms with Crippen molar-refractivity contribution in [2.24, 2.45) is 5.41 Å². The number of halogens is 2. The van der Waals surface area contributed by atoms with E-state index in [4.69, 9.17) is 23.2 Å². The number of nitrogens with zero attached hydrogens (tertiary/aromatic N) is 2. The lowest BCUT2D eigenvalue weighted by atomic mass is 9.85. The molecule has 218 valence electrons. The molecular formula is C28H30Cl2N4O5S2. The summed E-state index contributed by atoms with van der Waals surface area (Å²) in [6.07, 6.45) is 0.589. The van der Waals surface area contributed by atoms with Crippen molar-refractivity contribution in [1.82, 2.24) is 19.8 Å². The second kappa shape index (κ2) is 11.2. The molecule has 1 aromatic heterocycles. The van der Waals surface area contributed by atoms with Crippen molar-refractivity contribution in [2.75, 3.05) is 19.6 Å².